The SMILES string of the molecule is C/C=C\Cc1nc(-c2ccccc2)sc1C(=O)OCC. The number of rotatable bonds is 5. The quantitative estimate of drug-likeness (QED) is 0.614. The van der Waals surface area contributed by atoms with Crippen molar-refractivity contribution in [1.82, 2.24) is 4.98 Å². The molecule has 0 aliphatic carbocycles. The monoisotopic (exact) mass is 287 g/mol. The molecule has 0 fully saturated rings. The highest BCUT2D eigenvalue weighted by Gasteiger charge is 2.18. The van der Waals surface area contributed by atoms with E-state index in [4.69, 9.17) is 4.74 Å². The lowest BCUT2D eigenvalue weighted by atomic mass is 10.2. The average molecular weight is 287 g/mol. The van der Waals surface area contributed by atoms with Gasteiger partial charge in [-0.25, -0.2) is 9.78 Å². The summed E-state index contributed by atoms with van der Waals surface area (Å²) in [5.41, 5.74) is 1.81. The lowest BCUT2D eigenvalue weighted by Gasteiger charge is -1.99. The number of aromatic nitrogens is 1. The highest BCUT2D eigenvalue weighted by molar-refractivity contribution is 7.17. The van der Waals surface area contributed by atoms with Crippen LogP contribution in [0, 0.1) is 0 Å². The lowest BCUT2D eigenvalue weighted by molar-refractivity contribution is 0.0531. The molecule has 3 nitrogen and oxygen atoms in total. The van der Waals surface area contributed by atoms with Crippen LogP contribution in [0.3, 0.4) is 0 Å². The molecule has 4 heteroatoms. The molecule has 0 atom stereocenters. The number of nitrogens with zero attached hydrogens (tertiary/aromatic N) is 1. The summed E-state index contributed by atoms with van der Waals surface area (Å²) >= 11 is 1.39. The number of ether oxygens (including phenoxy) is 1. The topological polar surface area (TPSA) is 39.2 Å². The fourth-order valence-electron chi connectivity index (χ4n) is 1.78. The van der Waals surface area contributed by atoms with Crippen molar-refractivity contribution in [2.45, 2.75) is 20.3 Å². The molecule has 2 rings (SSSR count). The molecular weight excluding hydrogens is 270 g/mol. The Morgan fingerprint density at radius 1 is 1.35 bits per heavy atom. The minimum atomic E-state index is -0.285. The molecule has 1 aromatic heterocycles. The van der Waals surface area contributed by atoms with Crippen LogP contribution < -0.4 is 0 Å². The van der Waals surface area contributed by atoms with Crippen molar-refractivity contribution in [3.05, 3.63) is 53.1 Å². The molecular formula is C16H17NO2S. The van der Waals surface area contributed by atoms with Gasteiger partial charge in [0.15, 0.2) is 0 Å². The van der Waals surface area contributed by atoms with Crippen LogP contribution in [0.4, 0.5) is 0 Å². The van der Waals surface area contributed by atoms with Crippen molar-refractivity contribution in [2.24, 2.45) is 0 Å². The first-order chi connectivity index (χ1) is 9.76. The second-order valence-corrected chi connectivity index (χ2v) is 5.15. The number of thiazole rings is 1. The molecule has 0 aliphatic heterocycles. The molecule has 104 valence electrons. The first-order valence-electron chi connectivity index (χ1n) is 6.59. The molecule has 0 saturated carbocycles. The van der Waals surface area contributed by atoms with E-state index >= 15 is 0 Å². The van der Waals surface area contributed by atoms with E-state index in [9.17, 15) is 4.79 Å². The summed E-state index contributed by atoms with van der Waals surface area (Å²) in [6.07, 6.45) is 4.59. The first-order valence-corrected chi connectivity index (χ1v) is 7.41. The molecule has 0 spiro atoms. The Bertz CT molecular complexity index is 602. The van der Waals surface area contributed by atoms with Crippen LogP contribution in [0.25, 0.3) is 10.6 Å². The van der Waals surface area contributed by atoms with E-state index in [1.807, 2.05) is 56.3 Å². The van der Waals surface area contributed by atoms with Crippen molar-refractivity contribution in [3.8, 4) is 10.6 Å². The van der Waals surface area contributed by atoms with E-state index in [0.717, 1.165) is 16.3 Å². The van der Waals surface area contributed by atoms with Crippen LogP contribution in [0.15, 0.2) is 42.5 Å². The van der Waals surface area contributed by atoms with Crippen LogP contribution in [0.2, 0.25) is 0 Å². The molecule has 1 heterocycles. The van der Waals surface area contributed by atoms with Crippen LogP contribution in [0.1, 0.15) is 29.2 Å². The Labute approximate surface area is 122 Å². The normalized spacial score (nSPS) is 10.9. The van der Waals surface area contributed by atoms with E-state index in [1.165, 1.54) is 11.3 Å². The third-order valence-electron chi connectivity index (χ3n) is 2.73. The van der Waals surface area contributed by atoms with Crippen LogP contribution in [-0.2, 0) is 11.2 Å². The largest absolute Gasteiger partial charge is 0.462 e. The molecule has 20 heavy (non-hydrogen) atoms. The summed E-state index contributed by atoms with van der Waals surface area (Å²) in [4.78, 5) is 17.2. The maximum absolute atomic E-state index is 12.0. The number of benzene rings is 1. The fourth-order valence-corrected chi connectivity index (χ4v) is 2.77. The van der Waals surface area contributed by atoms with Gasteiger partial charge in [0.1, 0.15) is 9.88 Å². The molecule has 0 saturated heterocycles. The van der Waals surface area contributed by atoms with E-state index in [1.54, 1.807) is 0 Å². The van der Waals surface area contributed by atoms with Gasteiger partial charge in [-0.05, 0) is 13.8 Å². The van der Waals surface area contributed by atoms with E-state index in [0.29, 0.717) is 17.9 Å². The zero-order chi connectivity index (χ0) is 14.4. The van der Waals surface area contributed by atoms with Gasteiger partial charge in [0.25, 0.3) is 0 Å². The highest BCUT2D eigenvalue weighted by atomic mass is 32.1. The van der Waals surface area contributed by atoms with Gasteiger partial charge < -0.3 is 4.74 Å². The van der Waals surface area contributed by atoms with Crippen molar-refractivity contribution in [2.75, 3.05) is 6.61 Å². The van der Waals surface area contributed by atoms with Gasteiger partial charge in [0.2, 0.25) is 0 Å². The number of carbonyl (C=O) groups excluding carboxylic acids is 1. The number of hydrogen-bond acceptors (Lipinski definition) is 4. The summed E-state index contributed by atoms with van der Waals surface area (Å²) in [5, 5.41) is 0.855. The summed E-state index contributed by atoms with van der Waals surface area (Å²) in [7, 11) is 0. The molecule has 2 aromatic rings. The smallest absolute Gasteiger partial charge is 0.350 e. The summed E-state index contributed by atoms with van der Waals surface area (Å²) < 4.78 is 5.11. The van der Waals surface area contributed by atoms with E-state index < -0.39 is 0 Å². The fraction of sp³-hybridized carbons (Fsp3) is 0.250. The second kappa shape index (κ2) is 7.01. The molecule has 0 unspecified atom stereocenters. The van der Waals surface area contributed by atoms with Crippen LogP contribution >= 0.6 is 11.3 Å². The van der Waals surface area contributed by atoms with Crippen molar-refractivity contribution in [1.29, 1.82) is 0 Å². The maximum atomic E-state index is 12.0. The molecule has 0 amide bonds. The number of allylic oxidation sites excluding steroid dienone is 2. The first kappa shape index (κ1) is 14.5. The minimum absolute atomic E-state index is 0.285. The Balaban J connectivity index is 2.38. The predicted molar refractivity (Wildman–Crippen MR) is 82.0 cm³/mol. The van der Waals surface area contributed by atoms with Gasteiger partial charge in [-0.3, -0.25) is 0 Å². The average Bonchev–Trinajstić information content (AvgIpc) is 2.90. The van der Waals surface area contributed by atoms with E-state index in [2.05, 4.69) is 4.98 Å². The molecule has 0 aliphatic rings. The van der Waals surface area contributed by atoms with Crippen molar-refractivity contribution >= 4 is 17.3 Å². The Hall–Kier alpha value is -1.94. The third kappa shape index (κ3) is 3.33. The van der Waals surface area contributed by atoms with Gasteiger partial charge in [-0.2, -0.15) is 0 Å². The van der Waals surface area contributed by atoms with Crippen molar-refractivity contribution in [3.63, 3.8) is 0 Å². The van der Waals surface area contributed by atoms with Gasteiger partial charge in [-0.15, -0.1) is 11.3 Å². The summed E-state index contributed by atoms with van der Waals surface area (Å²) in [6.45, 7) is 4.14. The highest BCUT2D eigenvalue weighted by Crippen LogP contribution is 2.29. The standard InChI is InChI=1S/C16H17NO2S/c1-3-5-11-13-14(16(18)19-4-2)20-15(17-13)12-9-7-6-8-10-12/h3,5-10H,4,11H2,1-2H3/b5-3-. The minimum Gasteiger partial charge on any atom is -0.462 e. The number of hydrogen-bond donors (Lipinski definition) is 0. The Morgan fingerprint density at radius 2 is 2.10 bits per heavy atom. The van der Waals surface area contributed by atoms with E-state index in [-0.39, 0.29) is 5.97 Å². The van der Waals surface area contributed by atoms with Gasteiger partial charge in [-0.1, -0.05) is 42.5 Å². The summed E-state index contributed by atoms with van der Waals surface area (Å²) in [6, 6.07) is 9.88. The predicted octanol–water partition coefficient (Wildman–Crippen LogP) is 4.11. The third-order valence-corrected chi connectivity index (χ3v) is 3.85. The Morgan fingerprint density at radius 3 is 2.75 bits per heavy atom. The number of carbonyl (C=O) groups is 1. The molecule has 0 bridgehead atoms. The molecule has 1 aromatic carbocycles. The lowest BCUT2D eigenvalue weighted by Crippen LogP contribution is -2.05. The van der Waals surface area contributed by atoms with Gasteiger partial charge in [0, 0.05) is 12.0 Å². The zero-order valence-corrected chi connectivity index (χ0v) is 12.4. The van der Waals surface area contributed by atoms with Crippen LogP contribution in [0.5, 0.6) is 0 Å². The van der Waals surface area contributed by atoms with Gasteiger partial charge in [0.05, 0.1) is 12.3 Å². The molecule has 0 radical (unpaired) electrons. The zero-order valence-electron chi connectivity index (χ0n) is 11.6. The number of esters is 1. The van der Waals surface area contributed by atoms with Crippen molar-refractivity contribution < 1.29 is 9.53 Å². The second-order valence-electron chi connectivity index (χ2n) is 4.15. The Kier molecular flexibility index (Phi) is 5.07. The summed E-state index contributed by atoms with van der Waals surface area (Å²) in [5.74, 6) is -0.285. The molecule has 0 N–H and O–H groups in total. The van der Waals surface area contributed by atoms with Gasteiger partial charge >= 0.3 is 5.97 Å². The maximum Gasteiger partial charge on any atom is 0.350 e. The van der Waals surface area contributed by atoms with Crippen LogP contribution in [-0.4, -0.2) is 17.6 Å².